The summed E-state index contributed by atoms with van der Waals surface area (Å²) in [6.45, 7) is 1.44. The molecule has 4 heteroatoms. The fourth-order valence-corrected chi connectivity index (χ4v) is 1.30. The Kier molecular flexibility index (Phi) is 2.21. The van der Waals surface area contributed by atoms with Crippen LogP contribution in [0.2, 0.25) is 0 Å². The van der Waals surface area contributed by atoms with Crippen molar-refractivity contribution in [3.63, 3.8) is 0 Å². The first kappa shape index (κ1) is 9.49. The molecular weight excluding hydrogens is 186 g/mol. The Bertz CT molecular complexity index is 317. The molecule has 1 aliphatic carbocycles. The molecule has 1 saturated carbocycles. The number of hydrogen-bond donors (Lipinski definition) is 0. The highest BCUT2D eigenvalue weighted by Crippen LogP contribution is 2.39. The molecule has 2 rings (SSSR count). The van der Waals surface area contributed by atoms with E-state index in [1.807, 2.05) is 0 Å². The second-order valence-corrected chi connectivity index (χ2v) is 3.66. The van der Waals surface area contributed by atoms with E-state index < -0.39 is 5.92 Å². The third-order valence-corrected chi connectivity index (χ3v) is 2.49. The van der Waals surface area contributed by atoms with Crippen molar-refractivity contribution in [2.75, 3.05) is 0 Å². The number of hydrogen-bond acceptors (Lipinski definition) is 2. The summed E-state index contributed by atoms with van der Waals surface area (Å²) in [4.78, 5) is 7.78. The van der Waals surface area contributed by atoms with Crippen LogP contribution in [0.5, 0.6) is 0 Å². The van der Waals surface area contributed by atoms with E-state index >= 15 is 0 Å². The number of rotatable bonds is 3. The van der Waals surface area contributed by atoms with Gasteiger partial charge in [-0.05, 0) is 12.8 Å². The maximum atomic E-state index is 13.1. The van der Waals surface area contributed by atoms with Crippen molar-refractivity contribution in [2.45, 2.75) is 38.0 Å². The molecule has 1 aromatic rings. The highest BCUT2D eigenvalue weighted by atomic mass is 19.3. The second kappa shape index (κ2) is 3.26. The van der Waals surface area contributed by atoms with Gasteiger partial charge in [0.1, 0.15) is 5.69 Å². The van der Waals surface area contributed by atoms with Crippen molar-refractivity contribution in [3.8, 4) is 0 Å². The van der Waals surface area contributed by atoms with E-state index in [1.54, 1.807) is 0 Å². The molecule has 1 aliphatic rings. The molecule has 0 radical (unpaired) electrons. The lowest BCUT2D eigenvalue weighted by Crippen LogP contribution is -2.14. The molecule has 0 aliphatic heterocycles. The average molecular weight is 198 g/mol. The topological polar surface area (TPSA) is 25.8 Å². The summed E-state index contributed by atoms with van der Waals surface area (Å²) in [5.74, 6) is -2.37. The van der Waals surface area contributed by atoms with Crippen molar-refractivity contribution in [2.24, 2.45) is 0 Å². The number of nitrogens with zero attached hydrogens (tertiary/aromatic N) is 2. The van der Waals surface area contributed by atoms with Gasteiger partial charge in [0.15, 0.2) is 0 Å². The van der Waals surface area contributed by atoms with Gasteiger partial charge < -0.3 is 0 Å². The van der Waals surface area contributed by atoms with E-state index in [9.17, 15) is 8.78 Å². The molecule has 0 amide bonds. The number of halogens is 2. The fraction of sp³-hybridized carbons (Fsp3) is 0.600. The van der Waals surface area contributed by atoms with E-state index in [4.69, 9.17) is 0 Å². The lowest BCUT2D eigenvalue weighted by atomic mass is 10.2. The first-order valence-electron chi connectivity index (χ1n) is 4.83. The number of alkyl halides is 2. The molecular formula is C10H12F2N2. The van der Waals surface area contributed by atoms with Crippen LogP contribution < -0.4 is 0 Å². The third-order valence-electron chi connectivity index (χ3n) is 2.49. The maximum absolute atomic E-state index is 13.1. The van der Waals surface area contributed by atoms with Crippen LogP contribution in [-0.4, -0.2) is 9.97 Å². The molecule has 0 bridgehead atoms. The normalized spacial score (nSPS) is 17.1. The van der Waals surface area contributed by atoms with Gasteiger partial charge >= 0.3 is 0 Å². The zero-order chi connectivity index (χ0) is 10.2. The van der Waals surface area contributed by atoms with E-state index in [-0.39, 0.29) is 12.1 Å². The Hall–Kier alpha value is -1.06. The van der Waals surface area contributed by atoms with Gasteiger partial charge in [-0.15, -0.1) is 0 Å². The molecule has 0 saturated heterocycles. The van der Waals surface area contributed by atoms with Crippen LogP contribution in [0.3, 0.4) is 0 Å². The van der Waals surface area contributed by atoms with Crippen LogP contribution in [0.1, 0.15) is 43.5 Å². The monoisotopic (exact) mass is 198 g/mol. The van der Waals surface area contributed by atoms with Crippen LogP contribution in [0, 0.1) is 0 Å². The average Bonchev–Trinajstić information content (AvgIpc) is 3.01. The Morgan fingerprint density at radius 2 is 2.07 bits per heavy atom. The van der Waals surface area contributed by atoms with Crippen molar-refractivity contribution in [3.05, 3.63) is 23.8 Å². The predicted octanol–water partition coefficient (Wildman–Crippen LogP) is 2.86. The molecule has 14 heavy (non-hydrogen) atoms. The van der Waals surface area contributed by atoms with E-state index in [2.05, 4.69) is 9.97 Å². The summed E-state index contributed by atoms with van der Waals surface area (Å²) in [5.41, 5.74) is 0.630. The molecule has 0 N–H and O–H groups in total. The van der Waals surface area contributed by atoms with Crippen LogP contribution >= 0.6 is 0 Å². The zero-order valence-electron chi connectivity index (χ0n) is 8.00. The van der Waals surface area contributed by atoms with Gasteiger partial charge in [0, 0.05) is 18.5 Å². The Morgan fingerprint density at radius 3 is 2.50 bits per heavy atom. The first-order valence-corrected chi connectivity index (χ1v) is 4.83. The number of aromatic nitrogens is 2. The highest BCUT2D eigenvalue weighted by molar-refractivity contribution is 5.14. The summed E-state index contributed by atoms with van der Waals surface area (Å²) in [6, 6.07) is 0. The Morgan fingerprint density at radius 1 is 1.36 bits per heavy atom. The van der Waals surface area contributed by atoms with Crippen LogP contribution in [-0.2, 0) is 5.92 Å². The Labute approximate surface area is 81.4 Å². The molecule has 0 unspecified atom stereocenters. The largest absolute Gasteiger partial charge is 0.290 e. The van der Waals surface area contributed by atoms with Gasteiger partial charge in [0.25, 0.3) is 5.92 Å². The van der Waals surface area contributed by atoms with Gasteiger partial charge in [-0.3, -0.25) is 9.97 Å². The van der Waals surface area contributed by atoms with Crippen molar-refractivity contribution < 1.29 is 8.78 Å². The van der Waals surface area contributed by atoms with Gasteiger partial charge in [0.2, 0.25) is 0 Å². The van der Waals surface area contributed by atoms with Crippen LogP contribution in [0.25, 0.3) is 0 Å². The van der Waals surface area contributed by atoms with Crippen LogP contribution in [0.4, 0.5) is 8.78 Å². The minimum absolute atomic E-state index is 0.218. The molecule has 0 aromatic carbocycles. The molecule has 76 valence electrons. The standard InChI is InChI=1S/C10H12F2N2/c1-2-10(11,12)9-6-13-8(5-14-9)7-3-4-7/h5-7H,2-4H2,1H3. The van der Waals surface area contributed by atoms with Crippen LogP contribution in [0.15, 0.2) is 12.4 Å². The molecule has 2 nitrogen and oxygen atoms in total. The summed E-state index contributed by atoms with van der Waals surface area (Å²) in [7, 11) is 0. The summed E-state index contributed by atoms with van der Waals surface area (Å²) >= 11 is 0. The fourth-order valence-electron chi connectivity index (χ4n) is 1.30. The van der Waals surface area contributed by atoms with Crippen molar-refractivity contribution in [1.29, 1.82) is 0 Å². The first-order chi connectivity index (χ1) is 6.63. The maximum Gasteiger partial charge on any atom is 0.290 e. The van der Waals surface area contributed by atoms with Gasteiger partial charge in [-0.1, -0.05) is 6.92 Å². The van der Waals surface area contributed by atoms with Gasteiger partial charge in [-0.2, -0.15) is 8.78 Å². The van der Waals surface area contributed by atoms with E-state index in [0.717, 1.165) is 18.5 Å². The zero-order valence-corrected chi connectivity index (χ0v) is 8.00. The highest BCUT2D eigenvalue weighted by Gasteiger charge is 2.32. The van der Waals surface area contributed by atoms with Crippen molar-refractivity contribution in [1.82, 2.24) is 9.97 Å². The van der Waals surface area contributed by atoms with Crippen molar-refractivity contribution >= 4 is 0 Å². The molecule has 0 spiro atoms. The summed E-state index contributed by atoms with van der Waals surface area (Å²) in [6.07, 6.45) is 4.68. The molecule has 1 heterocycles. The van der Waals surface area contributed by atoms with Gasteiger partial charge in [0.05, 0.1) is 11.9 Å². The minimum atomic E-state index is -2.84. The third kappa shape index (κ3) is 1.74. The quantitative estimate of drug-likeness (QED) is 0.746. The smallest absolute Gasteiger partial charge is 0.257 e. The van der Waals surface area contributed by atoms with E-state index in [1.165, 1.54) is 19.3 Å². The lowest BCUT2D eigenvalue weighted by molar-refractivity contribution is -0.0132. The Balaban J connectivity index is 2.20. The summed E-state index contributed by atoms with van der Waals surface area (Å²) in [5, 5.41) is 0. The second-order valence-electron chi connectivity index (χ2n) is 3.66. The molecule has 0 atom stereocenters. The molecule has 1 aromatic heterocycles. The molecule has 1 fully saturated rings. The minimum Gasteiger partial charge on any atom is -0.257 e. The SMILES string of the molecule is CCC(F)(F)c1cnc(C2CC2)cn1. The van der Waals surface area contributed by atoms with E-state index in [0.29, 0.717) is 5.92 Å². The summed E-state index contributed by atoms with van der Waals surface area (Å²) < 4.78 is 26.3. The predicted molar refractivity (Wildman–Crippen MR) is 48.2 cm³/mol. The van der Waals surface area contributed by atoms with Gasteiger partial charge in [-0.25, -0.2) is 0 Å². The lowest BCUT2D eigenvalue weighted by Gasteiger charge is -2.12.